The van der Waals surface area contributed by atoms with Gasteiger partial charge in [-0.15, -0.1) is 0 Å². The summed E-state index contributed by atoms with van der Waals surface area (Å²) >= 11 is 0. The molecule has 0 aromatic rings. The van der Waals surface area contributed by atoms with Crippen LogP contribution in [-0.4, -0.2) is 12.1 Å². The van der Waals surface area contributed by atoms with Crippen LogP contribution in [0.2, 0.25) is 0 Å². The van der Waals surface area contributed by atoms with Crippen LogP contribution in [0.1, 0.15) is 65.2 Å². The van der Waals surface area contributed by atoms with Crippen molar-refractivity contribution in [1.29, 1.82) is 0 Å². The molecule has 3 atom stereocenters. The number of hydrogen-bond donors (Lipinski definition) is 1. The van der Waals surface area contributed by atoms with Crippen molar-refractivity contribution in [1.82, 2.24) is 5.32 Å². The van der Waals surface area contributed by atoms with Crippen molar-refractivity contribution in [2.45, 2.75) is 77.3 Å². The van der Waals surface area contributed by atoms with Crippen LogP contribution in [0.5, 0.6) is 0 Å². The van der Waals surface area contributed by atoms with Crippen molar-refractivity contribution in [3.05, 3.63) is 0 Å². The zero-order chi connectivity index (χ0) is 10.7. The molecule has 1 N–H and O–H groups in total. The van der Waals surface area contributed by atoms with E-state index in [1.165, 1.54) is 51.4 Å². The lowest BCUT2D eigenvalue weighted by Crippen LogP contribution is -2.40. The lowest BCUT2D eigenvalue weighted by molar-refractivity contribution is 0.325. The second kappa shape index (κ2) is 5.34. The van der Waals surface area contributed by atoms with Crippen molar-refractivity contribution < 1.29 is 0 Å². The van der Waals surface area contributed by atoms with Gasteiger partial charge >= 0.3 is 0 Å². The molecule has 0 spiro atoms. The molecule has 0 aromatic carbocycles. The number of nitrogens with one attached hydrogen (secondary N) is 1. The molecule has 1 nitrogen and oxygen atoms in total. The van der Waals surface area contributed by atoms with Crippen LogP contribution in [-0.2, 0) is 0 Å². The Morgan fingerprint density at radius 1 is 1.13 bits per heavy atom. The fourth-order valence-electron chi connectivity index (χ4n) is 3.16. The molecule has 15 heavy (non-hydrogen) atoms. The van der Waals surface area contributed by atoms with E-state index in [-0.39, 0.29) is 0 Å². The Bertz CT molecular complexity index is 186. The third kappa shape index (κ3) is 3.21. The predicted octanol–water partition coefficient (Wildman–Crippen LogP) is 3.73. The molecule has 2 aliphatic rings. The van der Waals surface area contributed by atoms with Gasteiger partial charge in [-0.1, -0.05) is 39.5 Å². The summed E-state index contributed by atoms with van der Waals surface area (Å²) in [4.78, 5) is 0. The molecule has 0 radical (unpaired) electrons. The molecule has 2 rings (SSSR count). The Hall–Kier alpha value is -0.0400. The molecule has 0 bridgehead atoms. The Morgan fingerprint density at radius 2 is 1.93 bits per heavy atom. The minimum absolute atomic E-state index is 0.814. The van der Waals surface area contributed by atoms with Crippen LogP contribution in [0, 0.1) is 11.8 Å². The molecule has 0 aromatic heterocycles. The highest BCUT2D eigenvalue weighted by atomic mass is 15.0. The largest absolute Gasteiger partial charge is 0.311 e. The maximum absolute atomic E-state index is 3.94. The minimum atomic E-state index is 0.814. The molecule has 0 amide bonds. The van der Waals surface area contributed by atoms with Gasteiger partial charge in [0, 0.05) is 12.1 Å². The maximum atomic E-state index is 3.94. The molecule has 88 valence electrons. The highest BCUT2D eigenvalue weighted by Crippen LogP contribution is 2.35. The van der Waals surface area contributed by atoms with E-state index in [2.05, 4.69) is 19.2 Å². The fraction of sp³-hybridized carbons (Fsp3) is 1.00. The van der Waals surface area contributed by atoms with Crippen molar-refractivity contribution in [3.63, 3.8) is 0 Å². The van der Waals surface area contributed by atoms with Gasteiger partial charge in [0.2, 0.25) is 0 Å². The van der Waals surface area contributed by atoms with Crippen LogP contribution in [0.15, 0.2) is 0 Å². The second-order valence-corrected chi connectivity index (χ2v) is 5.66. The van der Waals surface area contributed by atoms with E-state index >= 15 is 0 Å². The van der Waals surface area contributed by atoms with Gasteiger partial charge in [0.15, 0.2) is 0 Å². The van der Waals surface area contributed by atoms with E-state index in [9.17, 15) is 0 Å². The second-order valence-electron chi connectivity index (χ2n) is 5.66. The van der Waals surface area contributed by atoms with Gasteiger partial charge in [-0.25, -0.2) is 0 Å². The zero-order valence-electron chi connectivity index (χ0n) is 10.5. The molecule has 3 unspecified atom stereocenters. The summed E-state index contributed by atoms with van der Waals surface area (Å²) in [5.74, 6) is 2.04. The summed E-state index contributed by atoms with van der Waals surface area (Å²) < 4.78 is 0. The predicted molar refractivity (Wildman–Crippen MR) is 66.0 cm³/mol. The zero-order valence-corrected chi connectivity index (χ0v) is 10.5. The minimum Gasteiger partial charge on any atom is -0.311 e. The van der Waals surface area contributed by atoms with Crippen molar-refractivity contribution >= 4 is 0 Å². The quantitative estimate of drug-likeness (QED) is 0.703. The lowest BCUT2D eigenvalue weighted by atomic mass is 9.98. The molecule has 1 heteroatoms. The first-order valence-corrected chi connectivity index (χ1v) is 7.09. The van der Waals surface area contributed by atoms with Gasteiger partial charge in [0.05, 0.1) is 0 Å². The number of rotatable bonds is 6. The van der Waals surface area contributed by atoms with Crippen LogP contribution in [0.25, 0.3) is 0 Å². The molecule has 0 heterocycles. The van der Waals surface area contributed by atoms with Gasteiger partial charge in [-0.2, -0.15) is 0 Å². The lowest BCUT2D eigenvalue weighted by Gasteiger charge is -2.26. The Kier molecular flexibility index (Phi) is 4.07. The number of hydrogen-bond acceptors (Lipinski definition) is 1. The van der Waals surface area contributed by atoms with E-state index in [0.29, 0.717) is 0 Å². The molecule has 2 saturated carbocycles. The highest BCUT2D eigenvalue weighted by molar-refractivity contribution is 4.87. The Morgan fingerprint density at radius 3 is 2.53 bits per heavy atom. The van der Waals surface area contributed by atoms with Gasteiger partial charge in [0.25, 0.3) is 0 Å². The monoisotopic (exact) mass is 209 g/mol. The first-order valence-electron chi connectivity index (χ1n) is 7.09. The third-order valence-corrected chi connectivity index (χ3v) is 4.44. The summed E-state index contributed by atoms with van der Waals surface area (Å²) in [5, 5.41) is 3.94. The summed E-state index contributed by atoms with van der Waals surface area (Å²) in [6, 6.07) is 1.66. The van der Waals surface area contributed by atoms with E-state index in [4.69, 9.17) is 0 Å². The normalized spacial score (nSPS) is 33.2. The van der Waals surface area contributed by atoms with Gasteiger partial charge in [-0.3, -0.25) is 0 Å². The summed E-state index contributed by atoms with van der Waals surface area (Å²) in [7, 11) is 0. The fourth-order valence-corrected chi connectivity index (χ4v) is 3.16. The van der Waals surface area contributed by atoms with Crippen molar-refractivity contribution in [3.8, 4) is 0 Å². The van der Waals surface area contributed by atoms with E-state index in [1.807, 2.05) is 0 Å². The highest BCUT2D eigenvalue weighted by Gasteiger charge is 2.30. The Balaban J connectivity index is 1.76. The molecule has 0 aliphatic heterocycles. The SMILES string of the molecule is CCC(CC1CC1)NC1CCCC1CC. The molecular weight excluding hydrogens is 182 g/mol. The van der Waals surface area contributed by atoms with Gasteiger partial charge in [0.1, 0.15) is 0 Å². The van der Waals surface area contributed by atoms with E-state index in [1.54, 1.807) is 0 Å². The smallest absolute Gasteiger partial charge is 0.00978 e. The maximum Gasteiger partial charge on any atom is 0.00978 e. The molecule has 2 aliphatic carbocycles. The standard InChI is InChI=1S/C14H27N/c1-3-12-6-5-7-14(12)15-13(4-2)10-11-8-9-11/h11-15H,3-10H2,1-2H3. The first kappa shape index (κ1) is 11.4. The molecular formula is C14H27N. The average Bonchev–Trinajstić information content (AvgIpc) is 2.95. The van der Waals surface area contributed by atoms with Crippen LogP contribution in [0.4, 0.5) is 0 Å². The van der Waals surface area contributed by atoms with Crippen LogP contribution >= 0.6 is 0 Å². The Labute approximate surface area is 95.0 Å². The van der Waals surface area contributed by atoms with Crippen molar-refractivity contribution in [2.24, 2.45) is 11.8 Å². The summed E-state index contributed by atoms with van der Waals surface area (Å²) in [6.45, 7) is 4.70. The van der Waals surface area contributed by atoms with Gasteiger partial charge < -0.3 is 5.32 Å². The van der Waals surface area contributed by atoms with Crippen LogP contribution in [0.3, 0.4) is 0 Å². The van der Waals surface area contributed by atoms with E-state index in [0.717, 1.165) is 23.9 Å². The van der Waals surface area contributed by atoms with Crippen molar-refractivity contribution in [2.75, 3.05) is 0 Å². The van der Waals surface area contributed by atoms with E-state index < -0.39 is 0 Å². The summed E-state index contributed by atoms with van der Waals surface area (Å²) in [5.41, 5.74) is 0. The molecule has 2 fully saturated rings. The third-order valence-electron chi connectivity index (χ3n) is 4.44. The van der Waals surface area contributed by atoms with Crippen LogP contribution < -0.4 is 5.32 Å². The summed E-state index contributed by atoms with van der Waals surface area (Å²) in [6.07, 6.45) is 11.5. The average molecular weight is 209 g/mol. The first-order chi connectivity index (χ1) is 7.33. The van der Waals surface area contributed by atoms with Gasteiger partial charge in [-0.05, 0) is 37.5 Å². The molecule has 0 saturated heterocycles. The topological polar surface area (TPSA) is 12.0 Å².